The summed E-state index contributed by atoms with van der Waals surface area (Å²) in [5, 5.41) is 3.46. The number of hydrogen-bond donors (Lipinski definition) is 1. The lowest BCUT2D eigenvalue weighted by atomic mass is 9.85. The Morgan fingerprint density at radius 1 is 1.20 bits per heavy atom. The molecule has 112 valence electrons. The topological polar surface area (TPSA) is 12.0 Å². The molecule has 1 aromatic rings. The van der Waals surface area contributed by atoms with Crippen LogP contribution >= 0.6 is 0 Å². The Morgan fingerprint density at radius 3 is 2.55 bits per heavy atom. The lowest BCUT2D eigenvalue weighted by Gasteiger charge is -2.25. The first kappa shape index (κ1) is 15.4. The maximum absolute atomic E-state index is 13.9. The van der Waals surface area contributed by atoms with Gasteiger partial charge in [0.1, 0.15) is 0 Å². The van der Waals surface area contributed by atoms with Crippen LogP contribution in [0, 0.1) is 23.5 Å². The number of nitrogens with one attached hydrogen (secondary N) is 1. The van der Waals surface area contributed by atoms with Crippen molar-refractivity contribution in [3.8, 4) is 0 Å². The van der Waals surface area contributed by atoms with Gasteiger partial charge < -0.3 is 5.32 Å². The van der Waals surface area contributed by atoms with E-state index in [0.717, 1.165) is 6.54 Å². The van der Waals surface area contributed by atoms with E-state index in [1.165, 1.54) is 31.7 Å². The molecule has 1 aliphatic carbocycles. The van der Waals surface area contributed by atoms with Crippen LogP contribution in [-0.4, -0.2) is 12.6 Å². The summed E-state index contributed by atoms with van der Waals surface area (Å²) in [6.45, 7) is 5.13. The standard InChI is InChI=1S/C17H25F2N/c1-12(2)20-11-15(13-6-3-4-7-13)10-14-8-5-9-16(18)17(14)19/h5,8-9,12-13,15,20H,3-4,6-7,10-11H2,1-2H3. The van der Waals surface area contributed by atoms with E-state index in [1.807, 2.05) is 0 Å². The third-order valence-corrected chi connectivity index (χ3v) is 4.37. The van der Waals surface area contributed by atoms with E-state index < -0.39 is 11.6 Å². The van der Waals surface area contributed by atoms with Crippen molar-refractivity contribution < 1.29 is 8.78 Å². The minimum atomic E-state index is -0.732. The van der Waals surface area contributed by atoms with Gasteiger partial charge in [0.25, 0.3) is 0 Å². The summed E-state index contributed by atoms with van der Waals surface area (Å²) in [5.41, 5.74) is 0.521. The van der Waals surface area contributed by atoms with Crippen molar-refractivity contribution in [3.63, 3.8) is 0 Å². The fraction of sp³-hybridized carbons (Fsp3) is 0.647. The van der Waals surface area contributed by atoms with Crippen LogP contribution in [-0.2, 0) is 6.42 Å². The Balaban J connectivity index is 2.07. The molecule has 0 heterocycles. The van der Waals surface area contributed by atoms with Crippen LogP contribution in [0.25, 0.3) is 0 Å². The summed E-state index contributed by atoms with van der Waals surface area (Å²) in [6.07, 6.45) is 5.62. The molecule has 1 saturated carbocycles. The minimum Gasteiger partial charge on any atom is -0.314 e. The average molecular weight is 281 g/mol. The van der Waals surface area contributed by atoms with Gasteiger partial charge in [0.15, 0.2) is 11.6 Å². The third kappa shape index (κ3) is 4.02. The van der Waals surface area contributed by atoms with Gasteiger partial charge in [-0.1, -0.05) is 51.7 Å². The molecule has 1 aliphatic rings. The molecule has 1 atom stereocenters. The monoisotopic (exact) mass is 281 g/mol. The molecule has 0 aromatic heterocycles. The van der Waals surface area contributed by atoms with Gasteiger partial charge in [-0.2, -0.15) is 0 Å². The number of benzene rings is 1. The highest BCUT2D eigenvalue weighted by Crippen LogP contribution is 2.33. The average Bonchev–Trinajstić information content (AvgIpc) is 2.93. The molecule has 1 aromatic carbocycles. The van der Waals surface area contributed by atoms with Gasteiger partial charge in [0.05, 0.1) is 0 Å². The van der Waals surface area contributed by atoms with Gasteiger partial charge in [-0.15, -0.1) is 0 Å². The third-order valence-electron chi connectivity index (χ3n) is 4.37. The van der Waals surface area contributed by atoms with E-state index in [-0.39, 0.29) is 0 Å². The van der Waals surface area contributed by atoms with E-state index >= 15 is 0 Å². The second-order valence-corrected chi connectivity index (χ2v) is 6.28. The number of hydrogen-bond acceptors (Lipinski definition) is 1. The van der Waals surface area contributed by atoms with E-state index in [9.17, 15) is 8.78 Å². The molecule has 0 saturated heterocycles. The normalized spacial score (nSPS) is 17.9. The Hall–Kier alpha value is -0.960. The fourth-order valence-electron chi connectivity index (χ4n) is 3.21. The van der Waals surface area contributed by atoms with Gasteiger partial charge in [0, 0.05) is 6.04 Å². The molecule has 1 nitrogen and oxygen atoms in total. The Labute approximate surface area is 120 Å². The molecule has 1 unspecified atom stereocenters. The van der Waals surface area contributed by atoms with Crippen LogP contribution in [0.15, 0.2) is 18.2 Å². The highest BCUT2D eigenvalue weighted by atomic mass is 19.2. The first-order valence-corrected chi connectivity index (χ1v) is 7.74. The molecule has 0 spiro atoms. The molecule has 0 aliphatic heterocycles. The van der Waals surface area contributed by atoms with Crippen molar-refractivity contribution in [2.45, 2.75) is 52.0 Å². The van der Waals surface area contributed by atoms with Crippen LogP contribution in [0.4, 0.5) is 8.78 Å². The quantitative estimate of drug-likeness (QED) is 0.819. The molecule has 2 rings (SSSR count). The summed E-state index contributed by atoms with van der Waals surface area (Å²) < 4.78 is 27.2. The van der Waals surface area contributed by atoms with Crippen molar-refractivity contribution in [2.24, 2.45) is 11.8 Å². The highest BCUT2D eigenvalue weighted by molar-refractivity contribution is 5.19. The van der Waals surface area contributed by atoms with Crippen LogP contribution in [0.2, 0.25) is 0 Å². The predicted molar refractivity (Wildman–Crippen MR) is 78.6 cm³/mol. The van der Waals surface area contributed by atoms with Gasteiger partial charge in [-0.3, -0.25) is 0 Å². The van der Waals surface area contributed by atoms with Crippen LogP contribution < -0.4 is 5.32 Å². The second kappa shape index (κ2) is 7.16. The second-order valence-electron chi connectivity index (χ2n) is 6.28. The summed E-state index contributed by atoms with van der Waals surface area (Å²) >= 11 is 0. The number of rotatable bonds is 6. The van der Waals surface area contributed by atoms with Crippen molar-refractivity contribution in [2.75, 3.05) is 6.54 Å². The Bertz CT molecular complexity index is 425. The molecule has 3 heteroatoms. The van der Waals surface area contributed by atoms with Crippen LogP contribution in [0.1, 0.15) is 45.1 Å². The van der Waals surface area contributed by atoms with E-state index in [0.29, 0.717) is 29.9 Å². The van der Waals surface area contributed by atoms with Crippen molar-refractivity contribution >= 4 is 0 Å². The fourth-order valence-corrected chi connectivity index (χ4v) is 3.21. The Morgan fingerprint density at radius 2 is 1.90 bits per heavy atom. The SMILES string of the molecule is CC(C)NCC(Cc1cccc(F)c1F)C1CCCC1. The van der Waals surface area contributed by atoms with Crippen LogP contribution in [0.3, 0.4) is 0 Å². The molecule has 20 heavy (non-hydrogen) atoms. The van der Waals surface area contributed by atoms with E-state index in [4.69, 9.17) is 0 Å². The van der Waals surface area contributed by atoms with Gasteiger partial charge in [0.2, 0.25) is 0 Å². The van der Waals surface area contributed by atoms with Crippen molar-refractivity contribution in [1.82, 2.24) is 5.32 Å². The van der Waals surface area contributed by atoms with Gasteiger partial charge in [-0.05, 0) is 36.4 Å². The lowest BCUT2D eigenvalue weighted by molar-refractivity contribution is 0.309. The molecule has 0 amide bonds. The first-order valence-electron chi connectivity index (χ1n) is 7.74. The lowest BCUT2D eigenvalue weighted by Crippen LogP contribution is -2.33. The molecule has 0 radical (unpaired) electrons. The maximum atomic E-state index is 13.9. The Kier molecular flexibility index (Phi) is 5.53. The summed E-state index contributed by atoms with van der Waals surface area (Å²) in [6, 6.07) is 4.94. The number of halogens is 2. The molecular weight excluding hydrogens is 256 g/mol. The van der Waals surface area contributed by atoms with E-state index in [2.05, 4.69) is 19.2 Å². The summed E-state index contributed by atoms with van der Waals surface area (Å²) in [5.74, 6) is -0.357. The molecule has 1 N–H and O–H groups in total. The molecular formula is C17H25F2N. The summed E-state index contributed by atoms with van der Waals surface area (Å²) in [4.78, 5) is 0. The first-order chi connectivity index (χ1) is 9.58. The zero-order chi connectivity index (χ0) is 14.5. The molecule has 1 fully saturated rings. The highest BCUT2D eigenvalue weighted by Gasteiger charge is 2.26. The largest absolute Gasteiger partial charge is 0.314 e. The van der Waals surface area contributed by atoms with Crippen LogP contribution in [0.5, 0.6) is 0 Å². The predicted octanol–water partition coefficient (Wildman–Crippen LogP) is 4.31. The van der Waals surface area contributed by atoms with Crippen molar-refractivity contribution in [3.05, 3.63) is 35.4 Å². The minimum absolute atomic E-state index is 0.399. The van der Waals surface area contributed by atoms with Gasteiger partial charge in [-0.25, -0.2) is 8.78 Å². The zero-order valence-corrected chi connectivity index (χ0v) is 12.5. The van der Waals surface area contributed by atoms with Gasteiger partial charge >= 0.3 is 0 Å². The van der Waals surface area contributed by atoms with Crippen molar-refractivity contribution in [1.29, 1.82) is 0 Å². The molecule has 0 bridgehead atoms. The summed E-state index contributed by atoms with van der Waals surface area (Å²) in [7, 11) is 0. The zero-order valence-electron chi connectivity index (χ0n) is 12.5. The van der Waals surface area contributed by atoms with E-state index in [1.54, 1.807) is 12.1 Å². The smallest absolute Gasteiger partial charge is 0.162 e. The maximum Gasteiger partial charge on any atom is 0.162 e.